The van der Waals surface area contributed by atoms with E-state index in [9.17, 15) is 14.7 Å². The quantitative estimate of drug-likeness (QED) is 0.809. The van der Waals surface area contributed by atoms with Crippen LogP contribution in [0, 0.1) is 0 Å². The van der Waals surface area contributed by atoms with E-state index in [1.165, 1.54) is 6.20 Å². The highest BCUT2D eigenvalue weighted by atomic mass is 16.3. The first-order valence-corrected chi connectivity index (χ1v) is 7.44. The maximum absolute atomic E-state index is 12.4. The number of aromatic hydroxyl groups is 1. The van der Waals surface area contributed by atoms with Gasteiger partial charge in [0.05, 0.1) is 0 Å². The predicted molar refractivity (Wildman–Crippen MR) is 83.0 cm³/mol. The van der Waals surface area contributed by atoms with Crippen LogP contribution in [0.25, 0.3) is 0 Å². The molecule has 0 atom stereocenters. The van der Waals surface area contributed by atoms with Gasteiger partial charge in [0, 0.05) is 24.0 Å². The molecule has 0 saturated carbocycles. The van der Waals surface area contributed by atoms with Crippen molar-refractivity contribution in [2.45, 2.75) is 32.2 Å². The van der Waals surface area contributed by atoms with Gasteiger partial charge in [0.25, 0.3) is 5.91 Å². The topological polar surface area (TPSA) is 82.2 Å². The number of phenolic OH excluding ortho intramolecular Hbond substituents is 1. The van der Waals surface area contributed by atoms with Gasteiger partial charge in [-0.05, 0) is 43.4 Å². The molecule has 1 aliphatic carbocycles. The Morgan fingerprint density at radius 2 is 2.09 bits per heavy atom. The largest absolute Gasteiger partial charge is 0.508 e. The highest BCUT2D eigenvalue weighted by Crippen LogP contribution is 2.16. The number of H-pyrrole nitrogens is 1. The SMILES string of the molecule is O=C(NCc1cccc(O)c1)c1c[nH]c2c(c1=O)CCCC2. The maximum Gasteiger partial charge on any atom is 0.257 e. The minimum absolute atomic E-state index is 0.151. The summed E-state index contributed by atoms with van der Waals surface area (Å²) in [6.45, 7) is 0.268. The van der Waals surface area contributed by atoms with E-state index in [-0.39, 0.29) is 23.3 Å². The summed E-state index contributed by atoms with van der Waals surface area (Å²) in [5.41, 5.74) is 2.47. The van der Waals surface area contributed by atoms with E-state index in [2.05, 4.69) is 10.3 Å². The van der Waals surface area contributed by atoms with Crippen LogP contribution in [-0.4, -0.2) is 16.0 Å². The van der Waals surface area contributed by atoms with E-state index in [0.717, 1.165) is 42.5 Å². The number of fused-ring (bicyclic) bond motifs is 1. The zero-order chi connectivity index (χ0) is 15.5. The first kappa shape index (κ1) is 14.4. The summed E-state index contributed by atoms with van der Waals surface area (Å²) < 4.78 is 0. The van der Waals surface area contributed by atoms with Gasteiger partial charge in [-0.25, -0.2) is 0 Å². The van der Waals surface area contributed by atoms with E-state index < -0.39 is 5.91 Å². The van der Waals surface area contributed by atoms with Gasteiger partial charge in [0.15, 0.2) is 5.43 Å². The molecule has 0 saturated heterocycles. The van der Waals surface area contributed by atoms with Crippen LogP contribution in [0.5, 0.6) is 5.75 Å². The molecule has 1 amide bonds. The highest BCUT2D eigenvalue weighted by Gasteiger charge is 2.18. The minimum atomic E-state index is -0.391. The highest BCUT2D eigenvalue weighted by molar-refractivity contribution is 5.94. The van der Waals surface area contributed by atoms with Crippen molar-refractivity contribution >= 4 is 5.91 Å². The van der Waals surface area contributed by atoms with Crippen LogP contribution in [0.15, 0.2) is 35.3 Å². The predicted octanol–water partition coefficient (Wildman–Crippen LogP) is 1.89. The molecule has 22 heavy (non-hydrogen) atoms. The van der Waals surface area contributed by atoms with Crippen molar-refractivity contribution in [2.75, 3.05) is 0 Å². The van der Waals surface area contributed by atoms with Gasteiger partial charge in [-0.15, -0.1) is 0 Å². The summed E-state index contributed by atoms with van der Waals surface area (Å²) in [7, 11) is 0. The summed E-state index contributed by atoms with van der Waals surface area (Å²) >= 11 is 0. The van der Waals surface area contributed by atoms with E-state index in [0.29, 0.717) is 0 Å². The summed E-state index contributed by atoms with van der Waals surface area (Å²) in [5, 5.41) is 12.1. The number of hydrogen-bond donors (Lipinski definition) is 3. The number of nitrogens with one attached hydrogen (secondary N) is 2. The number of aryl methyl sites for hydroxylation is 1. The van der Waals surface area contributed by atoms with Crippen LogP contribution < -0.4 is 10.7 Å². The number of benzene rings is 1. The third-order valence-corrected chi connectivity index (χ3v) is 3.99. The van der Waals surface area contributed by atoms with Crippen LogP contribution >= 0.6 is 0 Å². The Morgan fingerprint density at radius 1 is 1.27 bits per heavy atom. The molecule has 1 aliphatic rings. The average molecular weight is 298 g/mol. The van der Waals surface area contributed by atoms with Gasteiger partial charge in [0.2, 0.25) is 0 Å². The fourth-order valence-corrected chi connectivity index (χ4v) is 2.82. The van der Waals surface area contributed by atoms with Gasteiger partial charge in [-0.2, -0.15) is 0 Å². The first-order chi connectivity index (χ1) is 10.6. The lowest BCUT2D eigenvalue weighted by Gasteiger charge is -2.15. The van der Waals surface area contributed by atoms with Gasteiger partial charge >= 0.3 is 0 Å². The van der Waals surface area contributed by atoms with Crippen molar-refractivity contribution in [3.63, 3.8) is 0 Å². The molecule has 3 N–H and O–H groups in total. The lowest BCUT2D eigenvalue weighted by Crippen LogP contribution is -2.31. The number of amides is 1. The van der Waals surface area contributed by atoms with E-state index in [1.54, 1.807) is 24.3 Å². The molecule has 1 aromatic carbocycles. The first-order valence-electron chi connectivity index (χ1n) is 7.44. The second-order valence-corrected chi connectivity index (χ2v) is 5.55. The molecular formula is C17H18N2O3. The minimum Gasteiger partial charge on any atom is -0.508 e. The van der Waals surface area contributed by atoms with Crippen molar-refractivity contribution in [3.8, 4) is 5.75 Å². The Morgan fingerprint density at radius 3 is 2.91 bits per heavy atom. The molecular weight excluding hydrogens is 280 g/mol. The van der Waals surface area contributed by atoms with Gasteiger partial charge in [0.1, 0.15) is 11.3 Å². The molecule has 3 rings (SSSR count). The summed E-state index contributed by atoms with van der Waals surface area (Å²) in [6, 6.07) is 6.66. The number of phenols is 1. The van der Waals surface area contributed by atoms with Crippen molar-refractivity contribution in [1.82, 2.24) is 10.3 Å². The number of aromatic nitrogens is 1. The maximum atomic E-state index is 12.4. The number of carbonyl (C=O) groups excluding carboxylic acids is 1. The van der Waals surface area contributed by atoms with Crippen molar-refractivity contribution in [2.24, 2.45) is 0 Å². The fourth-order valence-electron chi connectivity index (χ4n) is 2.82. The van der Waals surface area contributed by atoms with E-state index in [4.69, 9.17) is 0 Å². The molecule has 1 aromatic heterocycles. The molecule has 0 unspecified atom stereocenters. The fraction of sp³-hybridized carbons (Fsp3) is 0.294. The third kappa shape index (κ3) is 2.88. The van der Waals surface area contributed by atoms with Crippen molar-refractivity contribution in [1.29, 1.82) is 0 Å². The number of pyridine rings is 1. The molecule has 5 nitrogen and oxygen atoms in total. The van der Waals surface area contributed by atoms with Crippen molar-refractivity contribution < 1.29 is 9.90 Å². The average Bonchev–Trinajstić information content (AvgIpc) is 2.53. The van der Waals surface area contributed by atoms with E-state index >= 15 is 0 Å². The second kappa shape index (κ2) is 6.05. The molecule has 0 spiro atoms. The van der Waals surface area contributed by atoms with Gasteiger partial charge in [-0.3, -0.25) is 9.59 Å². The molecule has 0 fully saturated rings. The molecule has 0 radical (unpaired) electrons. The van der Waals surface area contributed by atoms with Crippen molar-refractivity contribution in [3.05, 3.63) is 63.1 Å². The lowest BCUT2D eigenvalue weighted by atomic mass is 9.94. The monoisotopic (exact) mass is 298 g/mol. The Balaban J connectivity index is 1.77. The van der Waals surface area contributed by atoms with Crippen LogP contribution in [0.2, 0.25) is 0 Å². The lowest BCUT2D eigenvalue weighted by molar-refractivity contribution is 0.0949. The summed E-state index contributed by atoms with van der Waals surface area (Å²) in [6.07, 6.45) is 5.18. The number of carbonyl (C=O) groups is 1. The Labute approximate surface area is 128 Å². The van der Waals surface area contributed by atoms with Crippen LogP contribution in [-0.2, 0) is 19.4 Å². The zero-order valence-corrected chi connectivity index (χ0v) is 12.2. The number of aromatic amines is 1. The second-order valence-electron chi connectivity index (χ2n) is 5.55. The number of hydrogen-bond acceptors (Lipinski definition) is 3. The van der Waals surface area contributed by atoms with Gasteiger partial charge < -0.3 is 15.4 Å². The Bertz CT molecular complexity index is 765. The Kier molecular flexibility index (Phi) is 3.96. The Hall–Kier alpha value is -2.56. The van der Waals surface area contributed by atoms with Crippen LogP contribution in [0.4, 0.5) is 0 Å². The summed E-state index contributed by atoms with van der Waals surface area (Å²) in [5.74, 6) is -0.239. The molecule has 1 heterocycles. The smallest absolute Gasteiger partial charge is 0.257 e. The molecule has 5 heteroatoms. The third-order valence-electron chi connectivity index (χ3n) is 3.99. The zero-order valence-electron chi connectivity index (χ0n) is 12.2. The van der Waals surface area contributed by atoms with Crippen LogP contribution in [0.3, 0.4) is 0 Å². The number of rotatable bonds is 3. The molecule has 0 aliphatic heterocycles. The standard InChI is InChI=1S/C17H18N2O3/c20-12-5-3-4-11(8-12)9-19-17(22)14-10-18-15-7-2-1-6-13(15)16(14)21/h3-5,8,10,20H,1-2,6-7,9H2,(H,18,21)(H,19,22). The van der Waals surface area contributed by atoms with Crippen LogP contribution in [0.1, 0.15) is 40.0 Å². The van der Waals surface area contributed by atoms with Gasteiger partial charge in [-0.1, -0.05) is 12.1 Å². The molecule has 114 valence electrons. The van der Waals surface area contributed by atoms with E-state index in [1.807, 2.05) is 0 Å². The molecule has 2 aromatic rings. The summed E-state index contributed by atoms with van der Waals surface area (Å²) in [4.78, 5) is 27.7. The normalized spacial score (nSPS) is 13.5. The molecule has 0 bridgehead atoms.